The molecule has 0 saturated heterocycles. The lowest BCUT2D eigenvalue weighted by Gasteiger charge is -2.08. The number of aryl methyl sites for hydroxylation is 1. The Morgan fingerprint density at radius 3 is 2.69 bits per heavy atom. The molecule has 0 spiro atoms. The Morgan fingerprint density at radius 2 is 1.97 bits per heavy atom. The van der Waals surface area contributed by atoms with Gasteiger partial charge in [-0.15, -0.1) is 5.10 Å². The molecular weight excluding hydrogens is 430 g/mol. The van der Waals surface area contributed by atoms with Gasteiger partial charge in [-0.05, 0) is 42.8 Å². The zero-order valence-electron chi connectivity index (χ0n) is 16.9. The number of fused-ring (bicyclic) bond motifs is 1. The molecule has 8 nitrogen and oxygen atoms in total. The largest absolute Gasteiger partial charge is 0.478 e. The molecule has 4 aromatic rings. The molecule has 0 bridgehead atoms. The maximum atomic E-state index is 11.4. The number of rotatable bonds is 4. The molecule has 158 valence electrons. The van der Waals surface area contributed by atoms with Crippen LogP contribution in [0.2, 0.25) is 5.02 Å². The Hall–Kier alpha value is -4.04. The predicted molar refractivity (Wildman–Crippen MR) is 119 cm³/mol. The van der Waals surface area contributed by atoms with E-state index in [9.17, 15) is 9.90 Å². The summed E-state index contributed by atoms with van der Waals surface area (Å²) in [4.78, 5) is 20.5. The topological polar surface area (TPSA) is 102 Å². The second kappa shape index (κ2) is 7.90. The lowest BCUT2D eigenvalue weighted by molar-refractivity contribution is 0.0695. The van der Waals surface area contributed by atoms with Gasteiger partial charge < -0.3 is 9.84 Å². The van der Waals surface area contributed by atoms with Crippen molar-refractivity contribution >= 4 is 29.2 Å². The van der Waals surface area contributed by atoms with Gasteiger partial charge in [0, 0.05) is 5.56 Å². The predicted octanol–water partition coefficient (Wildman–Crippen LogP) is 4.65. The van der Waals surface area contributed by atoms with Crippen molar-refractivity contribution in [3.63, 3.8) is 0 Å². The van der Waals surface area contributed by atoms with Gasteiger partial charge in [-0.1, -0.05) is 35.0 Å². The van der Waals surface area contributed by atoms with E-state index in [1.807, 2.05) is 24.3 Å². The number of halogens is 1. The molecule has 0 aliphatic carbocycles. The highest BCUT2D eigenvalue weighted by Gasteiger charge is 2.21. The Labute approximate surface area is 187 Å². The molecule has 9 heteroatoms. The van der Waals surface area contributed by atoms with Gasteiger partial charge in [-0.2, -0.15) is 0 Å². The van der Waals surface area contributed by atoms with Gasteiger partial charge in [0.25, 0.3) is 0 Å². The summed E-state index contributed by atoms with van der Waals surface area (Å²) >= 11 is 6.50. The molecule has 0 amide bonds. The number of aromatic nitrogens is 4. The van der Waals surface area contributed by atoms with Crippen LogP contribution in [0.1, 0.15) is 21.6 Å². The number of carboxylic acids is 1. The summed E-state index contributed by atoms with van der Waals surface area (Å²) in [6, 6.07) is 14.3. The summed E-state index contributed by atoms with van der Waals surface area (Å²) in [6.07, 6.45) is 3.76. The van der Waals surface area contributed by atoms with E-state index in [0.717, 1.165) is 16.9 Å². The fourth-order valence-corrected chi connectivity index (χ4v) is 3.73. The van der Waals surface area contributed by atoms with Crippen LogP contribution in [0, 0.1) is 6.92 Å². The van der Waals surface area contributed by atoms with Crippen LogP contribution < -0.4 is 4.74 Å². The van der Waals surface area contributed by atoms with Crippen molar-refractivity contribution in [2.24, 2.45) is 4.99 Å². The fourth-order valence-electron chi connectivity index (χ4n) is 3.47. The number of pyridine rings is 1. The van der Waals surface area contributed by atoms with Crippen molar-refractivity contribution in [2.75, 3.05) is 0 Å². The highest BCUT2D eigenvalue weighted by atomic mass is 35.5. The second-order valence-electron chi connectivity index (χ2n) is 7.25. The minimum Gasteiger partial charge on any atom is -0.478 e. The minimum atomic E-state index is -1.00. The first-order valence-electron chi connectivity index (χ1n) is 9.74. The third-order valence-corrected chi connectivity index (χ3v) is 5.39. The first-order valence-corrected chi connectivity index (χ1v) is 10.1. The number of ether oxygens (including phenoxy) is 1. The minimum absolute atomic E-state index is 0.191. The van der Waals surface area contributed by atoms with Crippen molar-refractivity contribution in [3.05, 3.63) is 82.8 Å². The number of hydrogen-bond acceptors (Lipinski definition) is 6. The van der Waals surface area contributed by atoms with E-state index < -0.39 is 5.97 Å². The van der Waals surface area contributed by atoms with Gasteiger partial charge in [0.15, 0.2) is 0 Å². The van der Waals surface area contributed by atoms with Crippen LogP contribution in [0.4, 0.5) is 5.69 Å². The van der Waals surface area contributed by atoms with Crippen molar-refractivity contribution in [1.82, 2.24) is 20.0 Å². The van der Waals surface area contributed by atoms with Gasteiger partial charge >= 0.3 is 5.97 Å². The zero-order valence-corrected chi connectivity index (χ0v) is 17.6. The number of nitrogens with zero attached hydrogens (tertiary/aromatic N) is 5. The van der Waals surface area contributed by atoms with Crippen molar-refractivity contribution in [3.8, 4) is 22.7 Å². The Bertz CT molecular complexity index is 1370. The Balaban J connectivity index is 1.38. The lowest BCUT2D eigenvalue weighted by atomic mass is 10.1. The van der Waals surface area contributed by atoms with E-state index in [1.54, 1.807) is 42.2 Å². The molecule has 3 heterocycles. The average molecular weight is 446 g/mol. The third kappa shape index (κ3) is 3.72. The van der Waals surface area contributed by atoms with Crippen LogP contribution in [0.25, 0.3) is 16.9 Å². The van der Waals surface area contributed by atoms with Gasteiger partial charge in [-0.3, -0.25) is 0 Å². The van der Waals surface area contributed by atoms with Gasteiger partial charge in [-0.25, -0.2) is 19.5 Å². The standard InChI is InChI=1S/C23H16ClN5O3/c1-13-2-7-16(10-17(13)23(30)31)32-21-12-20-19(26-21)11-18(24)22(27-20)14-3-5-15(6-4-14)29-9-8-25-28-29/h2-11H,12H2,1H3,(H,30,31). The number of aromatic carboxylic acids is 1. The molecule has 5 rings (SSSR count). The smallest absolute Gasteiger partial charge is 0.336 e. The third-order valence-electron chi connectivity index (χ3n) is 5.10. The second-order valence-corrected chi connectivity index (χ2v) is 7.65. The number of carbonyl (C=O) groups is 1. The van der Waals surface area contributed by atoms with Crippen LogP contribution in [0.3, 0.4) is 0 Å². The molecule has 0 radical (unpaired) electrons. The summed E-state index contributed by atoms with van der Waals surface area (Å²) in [7, 11) is 0. The summed E-state index contributed by atoms with van der Waals surface area (Å²) in [5.74, 6) is -0.158. The Kier molecular flexibility index (Phi) is 4.91. The van der Waals surface area contributed by atoms with E-state index >= 15 is 0 Å². The summed E-state index contributed by atoms with van der Waals surface area (Å²) in [6.45, 7) is 1.74. The maximum absolute atomic E-state index is 11.4. The lowest BCUT2D eigenvalue weighted by Crippen LogP contribution is -2.09. The van der Waals surface area contributed by atoms with Crippen LogP contribution in [-0.2, 0) is 6.42 Å². The molecule has 1 aliphatic rings. The highest BCUT2D eigenvalue weighted by Crippen LogP contribution is 2.35. The SMILES string of the molecule is Cc1ccc(OC2=Nc3cc(Cl)c(-c4ccc(-n5ccnn5)cc4)nc3C2)cc1C(=O)O. The van der Waals surface area contributed by atoms with E-state index in [2.05, 4.69) is 15.3 Å². The number of hydrogen-bond donors (Lipinski definition) is 1. The number of benzene rings is 2. The summed E-state index contributed by atoms with van der Waals surface area (Å²) in [5.41, 5.74) is 4.62. The monoisotopic (exact) mass is 445 g/mol. The molecule has 0 atom stereocenters. The van der Waals surface area contributed by atoms with Gasteiger partial charge in [0.2, 0.25) is 5.90 Å². The van der Waals surface area contributed by atoms with Gasteiger partial charge in [0.1, 0.15) is 5.75 Å². The fraction of sp³-hybridized carbons (Fsp3) is 0.0870. The maximum Gasteiger partial charge on any atom is 0.336 e. The number of carboxylic acid groups (broad SMARTS) is 1. The molecule has 0 fully saturated rings. The van der Waals surface area contributed by atoms with E-state index in [4.69, 9.17) is 21.3 Å². The average Bonchev–Trinajstić information content (AvgIpc) is 3.44. The summed E-state index contributed by atoms with van der Waals surface area (Å²) in [5, 5.41) is 17.6. The normalized spacial score (nSPS) is 12.4. The van der Waals surface area contributed by atoms with E-state index in [-0.39, 0.29) is 5.56 Å². The molecule has 0 unspecified atom stereocenters. The first-order chi connectivity index (χ1) is 15.5. The van der Waals surface area contributed by atoms with E-state index in [0.29, 0.717) is 40.0 Å². The van der Waals surface area contributed by atoms with Crippen molar-refractivity contribution < 1.29 is 14.6 Å². The van der Waals surface area contributed by atoms with Crippen LogP contribution >= 0.6 is 11.6 Å². The quantitative estimate of drug-likeness (QED) is 0.490. The molecule has 2 aromatic heterocycles. The van der Waals surface area contributed by atoms with Crippen LogP contribution in [-0.4, -0.2) is 37.0 Å². The molecule has 0 saturated carbocycles. The number of aliphatic imine (C=N–C) groups is 1. The van der Waals surface area contributed by atoms with Crippen LogP contribution in [0.5, 0.6) is 5.75 Å². The Morgan fingerprint density at radius 1 is 1.16 bits per heavy atom. The first kappa shape index (κ1) is 19.9. The molecule has 32 heavy (non-hydrogen) atoms. The van der Waals surface area contributed by atoms with Gasteiger partial charge in [0.05, 0.1) is 52.2 Å². The molecular formula is C23H16ClN5O3. The van der Waals surface area contributed by atoms with E-state index in [1.165, 1.54) is 6.07 Å². The summed E-state index contributed by atoms with van der Waals surface area (Å²) < 4.78 is 7.50. The van der Waals surface area contributed by atoms with Crippen molar-refractivity contribution in [2.45, 2.75) is 13.3 Å². The molecule has 2 aromatic carbocycles. The molecule has 1 aliphatic heterocycles. The zero-order chi connectivity index (χ0) is 22.2. The molecule has 1 N–H and O–H groups in total. The highest BCUT2D eigenvalue weighted by molar-refractivity contribution is 6.33. The van der Waals surface area contributed by atoms with Crippen molar-refractivity contribution in [1.29, 1.82) is 0 Å². The van der Waals surface area contributed by atoms with Crippen LogP contribution in [0.15, 0.2) is 65.9 Å².